The van der Waals surface area contributed by atoms with Crippen LogP contribution >= 0.6 is 0 Å². The van der Waals surface area contributed by atoms with Gasteiger partial charge in [-0.05, 0) is 24.6 Å². The molecule has 2 aromatic heterocycles. The first-order valence-electron chi connectivity index (χ1n) is 5.97. The summed E-state index contributed by atoms with van der Waals surface area (Å²) >= 11 is 0. The molecule has 0 saturated carbocycles. The van der Waals surface area contributed by atoms with E-state index >= 15 is 0 Å². The number of fused-ring (bicyclic) bond motifs is 1. The van der Waals surface area contributed by atoms with Crippen LogP contribution in [0.1, 0.15) is 17.1 Å². The lowest BCUT2D eigenvalue weighted by Gasteiger charge is -2.00. The Labute approximate surface area is 105 Å². The van der Waals surface area contributed by atoms with Crippen molar-refractivity contribution in [2.24, 2.45) is 5.73 Å². The molecule has 2 heterocycles. The maximum Gasteiger partial charge on any atom is 0.126 e. The molecule has 0 amide bonds. The Morgan fingerprint density at radius 3 is 2.94 bits per heavy atom. The minimum absolute atomic E-state index is 0.436. The van der Waals surface area contributed by atoms with Crippen LogP contribution in [-0.4, -0.2) is 9.78 Å². The number of para-hydroxylation sites is 1. The molecule has 0 aliphatic heterocycles. The molecular formula is C14H15N3O. The Bertz CT molecular complexity index is 681. The lowest BCUT2D eigenvalue weighted by Crippen LogP contribution is -2.00. The van der Waals surface area contributed by atoms with Crippen LogP contribution in [0.2, 0.25) is 0 Å². The van der Waals surface area contributed by atoms with Crippen LogP contribution in [0, 0.1) is 6.92 Å². The van der Waals surface area contributed by atoms with Crippen LogP contribution in [0.25, 0.3) is 10.9 Å². The summed E-state index contributed by atoms with van der Waals surface area (Å²) in [6.45, 7) is 3.08. The summed E-state index contributed by atoms with van der Waals surface area (Å²) in [7, 11) is 0. The predicted molar refractivity (Wildman–Crippen MR) is 70.2 cm³/mol. The molecule has 3 aromatic rings. The molecule has 0 spiro atoms. The fourth-order valence-electron chi connectivity index (χ4n) is 2.17. The molecule has 0 aliphatic rings. The zero-order valence-corrected chi connectivity index (χ0v) is 10.3. The van der Waals surface area contributed by atoms with Crippen molar-refractivity contribution in [1.82, 2.24) is 9.78 Å². The van der Waals surface area contributed by atoms with Crippen molar-refractivity contribution < 1.29 is 4.42 Å². The molecule has 3 rings (SSSR count). The maximum atomic E-state index is 5.70. The number of aromatic nitrogens is 2. The van der Waals surface area contributed by atoms with E-state index in [1.807, 2.05) is 36.0 Å². The van der Waals surface area contributed by atoms with E-state index in [-0.39, 0.29) is 0 Å². The zero-order chi connectivity index (χ0) is 12.5. The molecule has 1 aromatic carbocycles. The fraction of sp³-hybridized carbons (Fsp3) is 0.214. The summed E-state index contributed by atoms with van der Waals surface area (Å²) in [5.41, 5.74) is 7.82. The number of aryl methyl sites for hydroxylation is 1. The van der Waals surface area contributed by atoms with Crippen molar-refractivity contribution in [3.05, 3.63) is 53.6 Å². The Kier molecular flexibility index (Phi) is 2.64. The Morgan fingerprint density at radius 2 is 2.17 bits per heavy atom. The third-order valence-electron chi connectivity index (χ3n) is 3.11. The van der Waals surface area contributed by atoms with E-state index in [1.54, 1.807) is 0 Å². The molecule has 0 saturated heterocycles. The van der Waals surface area contributed by atoms with Gasteiger partial charge in [0.2, 0.25) is 0 Å². The average molecular weight is 241 g/mol. The number of rotatable bonds is 3. The summed E-state index contributed by atoms with van der Waals surface area (Å²) in [4.78, 5) is 0. The van der Waals surface area contributed by atoms with Gasteiger partial charge in [0.15, 0.2) is 0 Å². The molecule has 0 radical (unpaired) electrons. The first-order chi connectivity index (χ1) is 8.78. The van der Waals surface area contributed by atoms with Crippen LogP contribution in [-0.2, 0) is 13.1 Å². The van der Waals surface area contributed by atoms with E-state index in [9.17, 15) is 0 Å². The minimum atomic E-state index is 0.436. The van der Waals surface area contributed by atoms with Crippen molar-refractivity contribution in [1.29, 1.82) is 0 Å². The third-order valence-corrected chi connectivity index (χ3v) is 3.11. The van der Waals surface area contributed by atoms with Gasteiger partial charge in [0.25, 0.3) is 0 Å². The first-order valence-corrected chi connectivity index (χ1v) is 5.97. The summed E-state index contributed by atoms with van der Waals surface area (Å²) < 4.78 is 7.64. The van der Waals surface area contributed by atoms with Crippen LogP contribution in [0.15, 0.2) is 40.9 Å². The largest absolute Gasteiger partial charge is 0.462 e. The topological polar surface area (TPSA) is 57.0 Å². The molecular weight excluding hydrogens is 226 g/mol. The van der Waals surface area contributed by atoms with Crippen molar-refractivity contribution in [2.75, 3.05) is 0 Å². The molecule has 92 valence electrons. The molecule has 2 N–H and O–H groups in total. The fourth-order valence-corrected chi connectivity index (χ4v) is 2.17. The Hall–Kier alpha value is -2.07. The second kappa shape index (κ2) is 4.31. The highest BCUT2D eigenvalue weighted by Crippen LogP contribution is 2.18. The van der Waals surface area contributed by atoms with E-state index in [1.165, 1.54) is 0 Å². The predicted octanol–water partition coefficient (Wildman–Crippen LogP) is 2.44. The molecule has 0 fully saturated rings. The second-order valence-electron chi connectivity index (χ2n) is 4.38. The molecule has 0 aliphatic carbocycles. The number of benzene rings is 1. The average Bonchev–Trinajstić information content (AvgIpc) is 2.94. The first kappa shape index (κ1) is 11.0. The van der Waals surface area contributed by atoms with Crippen LogP contribution in [0.5, 0.6) is 0 Å². The number of hydrogen-bond acceptors (Lipinski definition) is 3. The Morgan fingerprint density at radius 1 is 1.33 bits per heavy atom. The van der Waals surface area contributed by atoms with E-state index in [4.69, 9.17) is 10.2 Å². The van der Waals surface area contributed by atoms with Gasteiger partial charge in [0.05, 0.1) is 24.8 Å². The van der Waals surface area contributed by atoms with Gasteiger partial charge in [-0.1, -0.05) is 18.2 Å². The van der Waals surface area contributed by atoms with Crippen molar-refractivity contribution in [3.63, 3.8) is 0 Å². The summed E-state index contributed by atoms with van der Waals surface area (Å²) in [5, 5.41) is 5.52. The maximum absolute atomic E-state index is 5.70. The molecule has 0 unspecified atom stereocenters. The van der Waals surface area contributed by atoms with E-state index in [0.29, 0.717) is 13.1 Å². The van der Waals surface area contributed by atoms with Gasteiger partial charge in [0, 0.05) is 5.39 Å². The highest BCUT2D eigenvalue weighted by molar-refractivity contribution is 5.78. The van der Waals surface area contributed by atoms with Gasteiger partial charge in [-0.2, -0.15) is 5.10 Å². The van der Waals surface area contributed by atoms with Crippen LogP contribution < -0.4 is 5.73 Å². The summed E-state index contributed by atoms with van der Waals surface area (Å²) in [5.74, 6) is 1.74. The number of nitrogens with zero attached hydrogens (tertiary/aromatic N) is 2. The third kappa shape index (κ3) is 1.80. The lowest BCUT2D eigenvalue weighted by molar-refractivity contribution is 0.447. The van der Waals surface area contributed by atoms with Gasteiger partial charge < -0.3 is 10.2 Å². The highest BCUT2D eigenvalue weighted by atomic mass is 16.3. The van der Waals surface area contributed by atoms with E-state index in [2.05, 4.69) is 17.2 Å². The molecule has 18 heavy (non-hydrogen) atoms. The lowest BCUT2D eigenvalue weighted by atomic mass is 10.2. The second-order valence-corrected chi connectivity index (χ2v) is 4.38. The minimum Gasteiger partial charge on any atom is -0.462 e. The monoisotopic (exact) mass is 241 g/mol. The van der Waals surface area contributed by atoms with Gasteiger partial charge in [-0.3, -0.25) is 4.68 Å². The van der Waals surface area contributed by atoms with Crippen molar-refractivity contribution in [2.45, 2.75) is 20.0 Å². The van der Waals surface area contributed by atoms with E-state index in [0.717, 1.165) is 28.0 Å². The summed E-state index contributed by atoms with van der Waals surface area (Å²) in [6.07, 6.45) is 1.87. The van der Waals surface area contributed by atoms with Crippen molar-refractivity contribution in [3.8, 4) is 0 Å². The quantitative estimate of drug-likeness (QED) is 0.766. The molecule has 4 nitrogen and oxygen atoms in total. The normalized spacial score (nSPS) is 11.2. The SMILES string of the molecule is Cc1cc(Cn2ncc3ccccc32)oc1CN. The smallest absolute Gasteiger partial charge is 0.126 e. The van der Waals surface area contributed by atoms with Crippen LogP contribution in [0.3, 0.4) is 0 Å². The van der Waals surface area contributed by atoms with E-state index < -0.39 is 0 Å². The Balaban J connectivity index is 1.96. The number of hydrogen-bond donors (Lipinski definition) is 1. The number of furan rings is 1. The molecule has 4 heteroatoms. The molecule has 0 atom stereocenters. The van der Waals surface area contributed by atoms with Gasteiger partial charge in [0.1, 0.15) is 11.5 Å². The number of nitrogens with two attached hydrogens (primary N) is 1. The van der Waals surface area contributed by atoms with Gasteiger partial charge >= 0.3 is 0 Å². The van der Waals surface area contributed by atoms with Crippen molar-refractivity contribution >= 4 is 10.9 Å². The summed E-state index contributed by atoms with van der Waals surface area (Å²) in [6, 6.07) is 10.2. The zero-order valence-electron chi connectivity index (χ0n) is 10.3. The van der Waals surface area contributed by atoms with Gasteiger partial charge in [-0.15, -0.1) is 0 Å². The highest BCUT2D eigenvalue weighted by Gasteiger charge is 2.08. The van der Waals surface area contributed by atoms with Gasteiger partial charge in [-0.25, -0.2) is 0 Å². The van der Waals surface area contributed by atoms with Crippen LogP contribution in [0.4, 0.5) is 0 Å². The molecule has 0 bridgehead atoms. The standard InChI is InChI=1S/C14H15N3O/c1-10-6-12(18-14(10)7-15)9-17-13-5-3-2-4-11(13)8-16-17/h2-6,8H,7,9,15H2,1H3.